The third-order valence-electron chi connectivity index (χ3n) is 4.00. The molecule has 2 aromatic carbocycles. The number of methoxy groups -OCH3 is 1. The molecular weight excluding hydrogens is 400 g/mol. The number of carbonyl (C=O) groups excluding carboxylic acids is 1. The van der Waals surface area contributed by atoms with E-state index >= 15 is 0 Å². The molecule has 0 atom stereocenters. The number of nitrogens with zero attached hydrogens (tertiary/aromatic N) is 1. The van der Waals surface area contributed by atoms with Gasteiger partial charge in [-0.25, -0.2) is 0 Å². The minimum absolute atomic E-state index is 0.0324. The largest absolute Gasteiger partial charge is 0.496 e. The van der Waals surface area contributed by atoms with Crippen LogP contribution < -0.4 is 14.8 Å². The highest BCUT2D eigenvalue weighted by atomic mass is 35.5. The Kier molecular flexibility index (Phi) is 6.04. The maximum atomic E-state index is 12.4. The summed E-state index contributed by atoms with van der Waals surface area (Å²) < 4.78 is 16.2. The zero-order valence-corrected chi connectivity index (χ0v) is 16.4. The lowest BCUT2D eigenvalue weighted by Crippen LogP contribution is -2.11. The number of ether oxygens (including phenoxy) is 2. The number of nitro benzene ring substituents is 1. The summed E-state index contributed by atoms with van der Waals surface area (Å²) in [6.45, 7) is 1.96. The van der Waals surface area contributed by atoms with Crippen LogP contribution in [0.3, 0.4) is 0 Å². The molecule has 0 fully saturated rings. The normalized spacial score (nSPS) is 10.4. The fraction of sp³-hybridized carbons (Fsp3) is 0.150. The smallest absolute Gasteiger partial charge is 0.291 e. The Labute approximate surface area is 171 Å². The van der Waals surface area contributed by atoms with Crippen molar-refractivity contribution in [3.8, 4) is 11.5 Å². The Bertz CT molecular complexity index is 1040. The summed E-state index contributed by atoms with van der Waals surface area (Å²) in [5.41, 5.74) is 0.881. The molecule has 1 aromatic heterocycles. The Hall–Kier alpha value is -3.52. The molecule has 0 saturated heterocycles. The molecule has 1 amide bonds. The summed E-state index contributed by atoms with van der Waals surface area (Å²) >= 11 is 6.12. The van der Waals surface area contributed by atoms with Crippen molar-refractivity contribution in [2.75, 3.05) is 12.4 Å². The van der Waals surface area contributed by atoms with Gasteiger partial charge in [-0.2, -0.15) is 0 Å². The van der Waals surface area contributed by atoms with Gasteiger partial charge in [0.25, 0.3) is 11.6 Å². The van der Waals surface area contributed by atoms with E-state index in [2.05, 4.69) is 5.32 Å². The molecule has 150 valence electrons. The minimum atomic E-state index is -0.572. The average Bonchev–Trinajstić information content (AvgIpc) is 3.16. The summed E-state index contributed by atoms with van der Waals surface area (Å²) in [6, 6.07) is 12.5. The van der Waals surface area contributed by atoms with E-state index in [-0.39, 0.29) is 29.5 Å². The molecule has 3 aromatic rings. The van der Waals surface area contributed by atoms with Gasteiger partial charge in [0.05, 0.1) is 28.8 Å². The van der Waals surface area contributed by atoms with Gasteiger partial charge in [-0.15, -0.1) is 0 Å². The molecule has 0 bridgehead atoms. The molecule has 0 aliphatic rings. The number of nitro groups is 1. The van der Waals surface area contributed by atoms with Crippen molar-refractivity contribution in [1.29, 1.82) is 0 Å². The molecule has 0 aliphatic heterocycles. The summed E-state index contributed by atoms with van der Waals surface area (Å²) in [7, 11) is 1.38. The quantitative estimate of drug-likeness (QED) is 0.429. The van der Waals surface area contributed by atoms with Gasteiger partial charge in [0, 0.05) is 12.1 Å². The van der Waals surface area contributed by atoms with Crippen LogP contribution in [0.2, 0.25) is 5.02 Å². The number of hydrogen-bond donors (Lipinski definition) is 1. The van der Waals surface area contributed by atoms with Crippen LogP contribution >= 0.6 is 11.6 Å². The highest BCUT2D eigenvalue weighted by molar-refractivity contribution is 6.32. The first-order valence-electron chi connectivity index (χ1n) is 8.49. The number of anilines is 1. The number of furan rings is 1. The number of carbonyl (C=O) groups is 1. The second kappa shape index (κ2) is 8.66. The van der Waals surface area contributed by atoms with E-state index in [0.717, 1.165) is 5.56 Å². The molecule has 0 saturated carbocycles. The molecule has 0 unspecified atom stereocenters. The molecule has 1 heterocycles. The Morgan fingerprint density at radius 3 is 2.72 bits per heavy atom. The second-order valence-corrected chi connectivity index (χ2v) is 6.48. The minimum Gasteiger partial charge on any atom is -0.496 e. The summed E-state index contributed by atoms with van der Waals surface area (Å²) in [5.74, 6) is 0.683. The molecule has 0 spiro atoms. The first kappa shape index (κ1) is 20.2. The van der Waals surface area contributed by atoms with E-state index in [1.807, 2.05) is 19.1 Å². The van der Waals surface area contributed by atoms with Gasteiger partial charge in [-0.05, 0) is 30.7 Å². The van der Waals surface area contributed by atoms with Gasteiger partial charge in [0.15, 0.2) is 5.76 Å². The number of rotatable bonds is 7. The van der Waals surface area contributed by atoms with Crippen molar-refractivity contribution < 1.29 is 23.6 Å². The zero-order valence-electron chi connectivity index (χ0n) is 15.6. The van der Waals surface area contributed by atoms with E-state index < -0.39 is 10.8 Å². The van der Waals surface area contributed by atoms with Crippen molar-refractivity contribution >= 4 is 28.9 Å². The topological polar surface area (TPSA) is 104 Å². The number of nitrogens with one attached hydrogen (secondary N) is 1. The third-order valence-corrected chi connectivity index (χ3v) is 4.30. The van der Waals surface area contributed by atoms with Gasteiger partial charge in [0.1, 0.15) is 23.9 Å². The van der Waals surface area contributed by atoms with Crippen LogP contribution in [0.1, 0.15) is 21.9 Å². The summed E-state index contributed by atoms with van der Waals surface area (Å²) in [4.78, 5) is 22.9. The van der Waals surface area contributed by atoms with Gasteiger partial charge < -0.3 is 19.2 Å². The van der Waals surface area contributed by atoms with Crippen LogP contribution in [-0.4, -0.2) is 17.9 Å². The first-order chi connectivity index (χ1) is 13.9. The molecule has 0 aliphatic carbocycles. The Morgan fingerprint density at radius 1 is 1.24 bits per heavy atom. The molecule has 8 nitrogen and oxygen atoms in total. The molecule has 3 rings (SSSR count). The standard InChI is InChI=1S/C20H17ClN2O6/c1-12-4-3-5-17(21)19(12)28-11-15-6-7-18(29-15)20(24)22-13-8-14(23(25)26)10-16(9-13)27-2/h3-10H,11H2,1-2H3,(H,22,24). The number of amides is 1. The van der Waals surface area contributed by atoms with Crippen LogP contribution in [0.5, 0.6) is 11.5 Å². The summed E-state index contributed by atoms with van der Waals surface area (Å²) in [5, 5.41) is 14.0. The maximum absolute atomic E-state index is 12.4. The van der Waals surface area contributed by atoms with Gasteiger partial charge in [-0.1, -0.05) is 23.7 Å². The average molecular weight is 417 g/mol. The highest BCUT2D eigenvalue weighted by Crippen LogP contribution is 2.29. The number of benzene rings is 2. The van der Waals surface area contributed by atoms with Crippen molar-refractivity contribution in [1.82, 2.24) is 0 Å². The number of halogens is 1. The van der Waals surface area contributed by atoms with Crippen molar-refractivity contribution in [2.45, 2.75) is 13.5 Å². The van der Waals surface area contributed by atoms with Gasteiger partial charge in [0.2, 0.25) is 0 Å². The lowest BCUT2D eigenvalue weighted by Gasteiger charge is -2.09. The molecule has 1 N–H and O–H groups in total. The van der Waals surface area contributed by atoms with E-state index in [0.29, 0.717) is 16.5 Å². The van der Waals surface area contributed by atoms with E-state index in [1.165, 1.54) is 31.4 Å². The van der Waals surface area contributed by atoms with Crippen LogP contribution in [0.15, 0.2) is 52.9 Å². The predicted octanol–water partition coefficient (Wildman–Crippen LogP) is 4.99. The molecule has 0 radical (unpaired) electrons. The first-order valence-corrected chi connectivity index (χ1v) is 8.86. The van der Waals surface area contributed by atoms with Gasteiger partial charge >= 0.3 is 0 Å². The molecule has 29 heavy (non-hydrogen) atoms. The number of hydrogen-bond acceptors (Lipinski definition) is 6. The van der Waals surface area contributed by atoms with E-state index in [9.17, 15) is 14.9 Å². The highest BCUT2D eigenvalue weighted by Gasteiger charge is 2.16. The van der Waals surface area contributed by atoms with E-state index in [4.69, 9.17) is 25.5 Å². The number of aryl methyl sites for hydroxylation is 1. The Balaban J connectivity index is 1.70. The van der Waals surface area contributed by atoms with Gasteiger partial charge in [-0.3, -0.25) is 14.9 Å². The fourth-order valence-electron chi connectivity index (χ4n) is 2.59. The summed E-state index contributed by atoms with van der Waals surface area (Å²) in [6.07, 6.45) is 0. The van der Waals surface area contributed by atoms with Crippen LogP contribution in [0.25, 0.3) is 0 Å². The van der Waals surface area contributed by atoms with Crippen molar-refractivity contribution in [3.63, 3.8) is 0 Å². The fourth-order valence-corrected chi connectivity index (χ4v) is 2.87. The lowest BCUT2D eigenvalue weighted by molar-refractivity contribution is -0.384. The van der Waals surface area contributed by atoms with Crippen LogP contribution in [0, 0.1) is 17.0 Å². The van der Waals surface area contributed by atoms with E-state index in [1.54, 1.807) is 12.1 Å². The number of non-ortho nitro benzene ring substituents is 1. The van der Waals surface area contributed by atoms with Crippen LogP contribution in [0.4, 0.5) is 11.4 Å². The van der Waals surface area contributed by atoms with Crippen molar-refractivity contribution in [2.24, 2.45) is 0 Å². The Morgan fingerprint density at radius 2 is 2.03 bits per heavy atom. The second-order valence-electron chi connectivity index (χ2n) is 6.07. The third kappa shape index (κ3) is 4.85. The lowest BCUT2D eigenvalue weighted by atomic mass is 10.2. The maximum Gasteiger partial charge on any atom is 0.291 e. The SMILES string of the molecule is COc1cc(NC(=O)c2ccc(COc3c(C)cccc3Cl)o2)cc([N+](=O)[O-])c1. The predicted molar refractivity (Wildman–Crippen MR) is 107 cm³/mol. The molecule has 9 heteroatoms. The monoisotopic (exact) mass is 416 g/mol. The molecular formula is C20H17ClN2O6. The van der Waals surface area contributed by atoms with Crippen LogP contribution in [-0.2, 0) is 6.61 Å². The zero-order chi connectivity index (χ0) is 21.0. The van der Waals surface area contributed by atoms with Crippen molar-refractivity contribution in [3.05, 3.63) is 80.8 Å². The number of para-hydroxylation sites is 1.